The summed E-state index contributed by atoms with van der Waals surface area (Å²) in [6.07, 6.45) is -0.546. The lowest BCUT2D eigenvalue weighted by atomic mass is 10.2. The molecule has 0 unspecified atom stereocenters. The third-order valence-corrected chi connectivity index (χ3v) is 3.42. The predicted octanol–water partition coefficient (Wildman–Crippen LogP) is 4.23. The van der Waals surface area contributed by atoms with Crippen LogP contribution in [-0.2, 0) is 9.53 Å². The van der Waals surface area contributed by atoms with Crippen LogP contribution in [0, 0.1) is 6.92 Å². The first kappa shape index (κ1) is 18.6. The lowest BCUT2D eigenvalue weighted by molar-refractivity contribution is -0.118. The normalized spacial score (nSPS) is 10.0. The summed E-state index contributed by atoms with van der Waals surface area (Å²) in [5.41, 5.74) is 2.06. The Morgan fingerprint density at radius 2 is 1.92 bits per heavy atom. The van der Waals surface area contributed by atoms with Crippen molar-refractivity contribution in [2.75, 3.05) is 23.8 Å². The lowest BCUT2D eigenvalue weighted by Crippen LogP contribution is -2.20. The molecule has 0 fully saturated rings. The number of amides is 2. The van der Waals surface area contributed by atoms with Gasteiger partial charge in [0.25, 0.3) is 5.91 Å². The van der Waals surface area contributed by atoms with Crippen LogP contribution in [0.4, 0.5) is 16.2 Å². The summed E-state index contributed by atoms with van der Waals surface area (Å²) < 4.78 is 10.3. The summed E-state index contributed by atoms with van der Waals surface area (Å²) in [5, 5.41) is 5.94. The number of nitrogens with one attached hydrogen (secondary N) is 2. The summed E-state index contributed by atoms with van der Waals surface area (Å²) in [7, 11) is 0. The molecule has 0 saturated heterocycles. The third-order valence-electron chi connectivity index (χ3n) is 3.19. The van der Waals surface area contributed by atoms with E-state index in [1.807, 2.05) is 6.92 Å². The van der Waals surface area contributed by atoms with Crippen LogP contribution in [0.15, 0.2) is 42.5 Å². The number of hydrogen-bond acceptors (Lipinski definition) is 4. The molecule has 0 spiro atoms. The number of benzene rings is 2. The Labute approximate surface area is 151 Å². The van der Waals surface area contributed by atoms with E-state index < -0.39 is 6.09 Å². The van der Waals surface area contributed by atoms with Crippen LogP contribution in [0.25, 0.3) is 0 Å². The summed E-state index contributed by atoms with van der Waals surface area (Å²) in [6, 6.07) is 11.9. The molecule has 0 atom stereocenters. The van der Waals surface area contributed by atoms with Crippen LogP contribution in [0.5, 0.6) is 5.75 Å². The van der Waals surface area contributed by atoms with Crippen LogP contribution in [0.1, 0.15) is 12.5 Å². The number of ether oxygens (including phenoxy) is 2. The highest BCUT2D eigenvalue weighted by molar-refractivity contribution is 6.30. The second kappa shape index (κ2) is 8.94. The quantitative estimate of drug-likeness (QED) is 0.806. The van der Waals surface area contributed by atoms with Gasteiger partial charge >= 0.3 is 6.09 Å². The number of anilines is 2. The molecule has 0 heterocycles. The van der Waals surface area contributed by atoms with E-state index in [-0.39, 0.29) is 19.1 Å². The summed E-state index contributed by atoms with van der Waals surface area (Å²) >= 11 is 5.89. The van der Waals surface area contributed by atoms with Gasteiger partial charge in [0.05, 0.1) is 6.61 Å². The van der Waals surface area contributed by atoms with Crippen molar-refractivity contribution in [3.8, 4) is 5.75 Å². The van der Waals surface area contributed by atoms with Crippen LogP contribution >= 0.6 is 11.6 Å². The van der Waals surface area contributed by atoms with E-state index in [1.54, 1.807) is 49.4 Å². The summed E-state index contributed by atoms with van der Waals surface area (Å²) in [6.45, 7) is 3.70. The van der Waals surface area contributed by atoms with Crippen molar-refractivity contribution in [1.29, 1.82) is 0 Å². The molecule has 2 N–H and O–H groups in total. The van der Waals surface area contributed by atoms with E-state index in [2.05, 4.69) is 10.6 Å². The molecule has 132 valence electrons. The zero-order chi connectivity index (χ0) is 18.2. The fourth-order valence-electron chi connectivity index (χ4n) is 2.05. The van der Waals surface area contributed by atoms with Gasteiger partial charge in [-0.25, -0.2) is 4.79 Å². The number of aryl methyl sites for hydroxylation is 1. The van der Waals surface area contributed by atoms with Crippen molar-refractivity contribution in [3.05, 3.63) is 53.1 Å². The number of hydrogen-bond donors (Lipinski definition) is 2. The molecule has 6 nitrogen and oxygen atoms in total. The highest BCUT2D eigenvalue weighted by Gasteiger charge is 2.07. The monoisotopic (exact) mass is 362 g/mol. The van der Waals surface area contributed by atoms with E-state index in [0.717, 1.165) is 5.56 Å². The standard InChI is InChI=1S/C18H19ClN2O4/c1-3-24-18(23)20-14-5-4-6-15(10-14)25-11-17(22)21-16-8-7-13(19)9-12(16)2/h4-10H,3,11H2,1-2H3,(H,20,23)(H,21,22). The zero-order valence-electron chi connectivity index (χ0n) is 14.0. The van der Waals surface area contributed by atoms with Gasteiger partial charge in [0.1, 0.15) is 5.75 Å². The number of carbonyl (C=O) groups is 2. The van der Waals surface area contributed by atoms with E-state index in [0.29, 0.717) is 22.1 Å². The maximum absolute atomic E-state index is 12.0. The molecule has 0 aliphatic rings. The van der Waals surface area contributed by atoms with Gasteiger partial charge in [0, 0.05) is 22.5 Å². The number of carbonyl (C=O) groups excluding carboxylic acids is 2. The fraction of sp³-hybridized carbons (Fsp3) is 0.222. The minimum atomic E-state index is -0.546. The Bertz CT molecular complexity index is 764. The van der Waals surface area contributed by atoms with Crippen LogP contribution in [0.2, 0.25) is 5.02 Å². The maximum Gasteiger partial charge on any atom is 0.411 e. The molecule has 0 bridgehead atoms. The Hall–Kier alpha value is -2.73. The van der Waals surface area contributed by atoms with Gasteiger partial charge in [0.2, 0.25) is 0 Å². The van der Waals surface area contributed by atoms with E-state index in [9.17, 15) is 9.59 Å². The number of halogens is 1. The average Bonchev–Trinajstić information content (AvgIpc) is 2.56. The molecule has 2 rings (SSSR count). The molecule has 2 aromatic rings. The summed E-state index contributed by atoms with van der Waals surface area (Å²) in [4.78, 5) is 23.4. The van der Waals surface area contributed by atoms with Crippen molar-refractivity contribution in [2.45, 2.75) is 13.8 Å². The first-order chi connectivity index (χ1) is 12.0. The second-order valence-electron chi connectivity index (χ2n) is 5.17. The number of rotatable bonds is 6. The van der Waals surface area contributed by atoms with Crippen molar-refractivity contribution < 1.29 is 19.1 Å². The Morgan fingerprint density at radius 3 is 2.64 bits per heavy atom. The molecule has 25 heavy (non-hydrogen) atoms. The minimum Gasteiger partial charge on any atom is -0.484 e. The van der Waals surface area contributed by atoms with E-state index in [1.165, 1.54) is 0 Å². The fourth-order valence-corrected chi connectivity index (χ4v) is 2.28. The van der Waals surface area contributed by atoms with E-state index >= 15 is 0 Å². The Morgan fingerprint density at radius 1 is 1.12 bits per heavy atom. The maximum atomic E-state index is 12.0. The SMILES string of the molecule is CCOC(=O)Nc1cccc(OCC(=O)Nc2ccc(Cl)cc2C)c1. The van der Waals surface area contributed by atoms with Gasteiger partial charge in [-0.3, -0.25) is 10.1 Å². The lowest BCUT2D eigenvalue weighted by Gasteiger charge is -2.11. The molecule has 0 aliphatic heterocycles. The molecule has 2 aromatic carbocycles. The molecule has 2 amide bonds. The van der Waals surface area contributed by atoms with Gasteiger partial charge in [-0.2, -0.15) is 0 Å². The molecule has 7 heteroatoms. The Balaban J connectivity index is 1.90. The van der Waals surface area contributed by atoms with Crippen molar-refractivity contribution in [2.24, 2.45) is 0 Å². The van der Waals surface area contributed by atoms with Gasteiger partial charge in [-0.15, -0.1) is 0 Å². The molecule has 0 aromatic heterocycles. The van der Waals surface area contributed by atoms with Gasteiger partial charge in [-0.1, -0.05) is 17.7 Å². The average molecular weight is 363 g/mol. The van der Waals surface area contributed by atoms with Crippen LogP contribution < -0.4 is 15.4 Å². The molecule has 0 radical (unpaired) electrons. The van der Waals surface area contributed by atoms with Crippen molar-refractivity contribution >= 4 is 35.0 Å². The molecule has 0 saturated carbocycles. The molecule has 0 aliphatic carbocycles. The smallest absolute Gasteiger partial charge is 0.411 e. The highest BCUT2D eigenvalue weighted by Crippen LogP contribution is 2.20. The third kappa shape index (κ3) is 6.00. The van der Waals surface area contributed by atoms with Gasteiger partial charge in [0.15, 0.2) is 6.61 Å². The zero-order valence-corrected chi connectivity index (χ0v) is 14.7. The minimum absolute atomic E-state index is 0.162. The Kier molecular flexibility index (Phi) is 6.65. The summed E-state index contributed by atoms with van der Waals surface area (Å²) in [5.74, 6) is 0.159. The highest BCUT2D eigenvalue weighted by atomic mass is 35.5. The first-order valence-electron chi connectivity index (χ1n) is 7.70. The topological polar surface area (TPSA) is 76.7 Å². The van der Waals surface area contributed by atoms with E-state index in [4.69, 9.17) is 21.1 Å². The first-order valence-corrected chi connectivity index (χ1v) is 8.08. The van der Waals surface area contributed by atoms with Crippen molar-refractivity contribution in [1.82, 2.24) is 0 Å². The molecular weight excluding hydrogens is 344 g/mol. The largest absolute Gasteiger partial charge is 0.484 e. The predicted molar refractivity (Wildman–Crippen MR) is 97.4 cm³/mol. The van der Waals surface area contributed by atoms with Crippen LogP contribution in [-0.4, -0.2) is 25.2 Å². The van der Waals surface area contributed by atoms with Crippen molar-refractivity contribution in [3.63, 3.8) is 0 Å². The van der Waals surface area contributed by atoms with Gasteiger partial charge < -0.3 is 14.8 Å². The second-order valence-corrected chi connectivity index (χ2v) is 5.61. The molecular formula is C18H19ClN2O4. The van der Waals surface area contributed by atoms with Crippen LogP contribution in [0.3, 0.4) is 0 Å². The van der Waals surface area contributed by atoms with Gasteiger partial charge in [-0.05, 0) is 49.7 Å².